The van der Waals surface area contributed by atoms with E-state index >= 15 is 0 Å². The Morgan fingerprint density at radius 2 is 2.03 bits per heavy atom. The van der Waals surface area contributed by atoms with Crippen molar-refractivity contribution in [3.63, 3.8) is 0 Å². The second-order valence-electron chi connectivity index (χ2n) is 8.47. The highest BCUT2D eigenvalue weighted by Crippen LogP contribution is 2.37. The summed E-state index contributed by atoms with van der Waals surface area (Å²) in [6, 6.07) is 3.41. The molecule has 0 amide bonds. The standard InChI is InChI=1S/C22H29FN4O3S2/c1-11(2)15-8-14(9-24)18(23)17(12(3)4)19(15)25-13(5)27-32(30)20-16(10-28)26-21(31-20)22(6,7)29/h8,11-12,25,28-29,32H,5,10H2,1-4,6-7H3. The first-order valence-electron chi connectivity index (χ1n) is 10.1. The fourth-order valence-electron chi connectivity index (χ4n) is 3.10. The zero-order valence-corrected chi connectivity index (χ0v) is 20.7. The summed E-state index contributed by atoms with van der Waals surface area (Å²) in [4.78, 5) is 4.16. The van der Waals surface area contributed by atoms with Gasteiger partial charge in [0.1, 0.15) is 32.5 Å². The first-order chi connectivity index (χ1) is 14.8. The number of nitrogens with zero attached hydrogens (tertiary/aromatic N) is 3. The van der Waals surface area contributed by atoms with Gasteiger partial charge in [0.25, 0.3) is 0 Å². The van der Waals surface area contributed by atoms with Crippen molar-refractivity contribution in [3.8, 4) is 6.07 Å². The number of nitrogens with one attached hydrogen (secondary N) is 1. The number of hydrogen-bond donors (Lipinski definition) is 4. The highest BCUT2D eigenvalue weighted by atomic mass is 32.2. The Balaban J connectivity index is 2.53. The summed E-state index contributed by atoms with van der Waals surface area (Å²) in [7, 11) is -2.38. The number of thiol groups is 1. The summed E-state index contributed by atoms with van der Waals surface area (Å²) in [6.45, 7) is 13.9. The molecule has 3 N–H and O–H groups in total. The second kappa shape index (κ2) is 10.1. The van der Waals surface area contributed by atoms with Crippen LogP contribution in [0.4, 0.5) is 10.1 Å². The normalized spacial score (nSPS) is 12.9. The van der Waals surface area contributed by atoms with Crippen molar-refractivity contribution in [1.82, 2.24) is 4.98 Å². The summed E-state index contributed by atoms with van der Waals surface area (Å²) in [6.07, 6.45) is 0. The Kier molecular flexibility index (Phi) is 8.17. The quantitative estimate of drug-likeness (QED) is 0.406. The Morgan fingerprint density at radius 3 is 2.50 bits per heavy atom. The number of halogens is 1. The summed E-state index contributed by atoms with van der Waals surface area (Å²) < 4.78 is 32.2. The van der Waals surface area contributed by atoms with Gasteiger partial charge in [-0.1, -0.05) is 34.3 Å². The Hall–Kier alpha value is -2.32. The van der Waals surface area contributed by atoms with Gasteiger partial charge in [0, 0.05) is 11.3 Å². The van der Waals surface area contributed by atoms with E-state index in [1.165, 1.54) is 6.07 Å². The van der Waals surface area contributed by atoms with Crippen molar-refractivity contribution < 1.29 is 18.8 Å². The Bertz CT molecular complexity index is 1150. The molecule has 0 spiro atoms. The minimum atomic E-state index is -2.38. The van der Waals surface area contributed by atoms with E-state index in [0.29, 0.717) is 16.3 Å². The number of aliphatic hydroxyl groups is 2. The van der Waals surface area contributed by atoms with Gasteiger partial charge in [-0.2, -0.15) is 9.62 Å². The summed E-state index contributed by atoms with van der Waals surface area (Å²) in [5.74, 6) is -0.824. The minimum absolute atomic E-state index is 0.0268. The molecule has 1 heterocycles. The predicted molar refractivity (Wildman–Crippen MR) is 126 cm³/mol. The molecule has 1 aromatic carbocycles. The number of hydrogen-bond acceptors (Lipinski definition) is 8. The van der Waals surface area contributed by atoms with E-state index in [-0.39, 0.29) is 33.1 Å². The Morgan fingerprint density at radius 1 is 1.41 bits per heavy atom. The maximum atomic E-state index is 15.0. The molecule has 32 heavy (non-hydrogen) atoms. The van der Waals surface area contributed by atoms with Crippen LogP contribution in [0.1, 0.15) is 80.8 Å². The number of nitriles is 1. The molecule has 0 saturated heterocycles. The van der Waals surface area contributed by atoms with Crippen LogP contribution < -0.4 is 5.32 Å². The lowest BCUT2D eigenvalue weighted by atomic mass is 9.89. The average molecular weight is 481 g/mol. The lowest BCUT2D eigenvalue weighted by molar-refractivity contribution is 0.0779. The lowest BCUT2D eigenvalue weighted by Gasteiger charge is -2.22. The van der Waals surface area contributed by atoms with Crippen LogP contribution in [0.15, 0.2) is 27.0 Å². The minimum Gasteiger partial charge on any atom is -0.390 e. The molecule has 0 saturated carbocycles. The van der Waals surface area contributed by atoms with Crippen LogP contribution in [0, 0.1) is 17.1 Å². The van der Waals surface area contributed by atoms with Gasteiger partial charge in [-0.05, 0) is 37.3 Å². The topological polar surface area (TPSA) is 119 Å². The fraction of sp³-hybridized carbons (Fsp3) is 0.455. The van der Waals surface area contributed by atoms with Gasteiger partial charge in [0.15, 0.2) is 0 Å². The summed E-state index contributed by atoms with van der Waals surface area (Å²) in [5, 5.41) is 32.4. The van der Waals surface area contributed by atoms with E-state index in [4.69, 9.17) is 0 Å². The molecular weight excluding hydrogens is 451 g/mol. The van der Waals surface area contributed by atoms with Gasteiger partial charge in [0.05, 0.1) is 28.5 Å². The molecule has 0 aliphatic heterocycles. The number of thiazole rings is 1. The first-order valence-corrected chi connectivity index (χ1v) is 12.1. The van der Waals surface area contributed by atoms with E-state index in [2.05, 4.69) is 21.2 Å². The molecule has 2 aromatic rings. The van der Waals surface area contributed by atoms with Gasteiger partial charge in [-0.3, -0.25) is 0 Å². The molecule has 2 rings (SSSR count). The van der Waals surface area contributed by atoms with Crippen LogP contribution in [0.5, 0.6) is 0 Å². The van der Waals surface area contributed by atoms with Crippen LogP contribution in [0.25, 0.3) is 0 Å². The van der Waals surface area contributed by atoms with Crippen molar-refractivity contribution >= 4 is 27.6 Å². The van der Waals surface area contributed by atoms with Crippen molar-refractivity contribution in [2.24, 2.45) is 4.36 Å². The molecule has 0 fully saturated rings. The molecule has 1 atom stereocenters. The highest BCUT2D eigenvalue weighted by Gasteiger charge is 2.25. The molecule has 10 heteroatoms. The van der Waals surface area contributed by atoms with Gasteiger partial charge in [0.2, 0.25) is 0 Å². The van der Waals surface area contributed by atoms with Crippen molar-refractivity contribution in [1.29, 1.82) is 5.26 Å². The van der Waals surface area contributed by atoms with E-state index in [9.17, 15) is 24.1 Å². The van der Waals surface area contributed by atoms with Crippen LogP contribution >= 0.6 is 11.3 Å². The maximum absolute atomic E-state index is 15.0. The number of rotatable bonds is 8. The third kappa shape index (κ3) is 5.53. The first kappa shape index (κ1) is 25.9. The van der Waals surface area contributed by atoms with E-state index in [0.717, 1.165) is 16.9 Å². The monoisotopic (exact) mass is 480 g/mol. The SMILES string of the molecule is C=C(/N=[SH](=O)\c1sc(C(C)(C)O)nc1CO)Nc1c(C(C)C)cc(C#N)c(F)c1C(C)C. The lowest BCUT2D eigenvalue weighted by Crippen LogP contribution is -2.14. The van der Waals surface area contributed by atoms with Crippen LogP contribution in [-0.4, -0.2) is 19.4 Å². The number of anilines is 1. The fourth-order valence-corrected chi connectivity index (χ4v) is 5.31. The van der Waals surface area contributed by atoms with Gasteiger partial charge in [-0.25, -0.2) is 13.6 Å². The van der Waals surface area contributed by atoms with Gasteiger partial charge in [-0.15, -0.1) is 11.3 Å². The molecular formula is C22H29FN4O3S2. The van der Waals surface area contributed by atoms with Crippen molar-refractivity contribution in [3.05, 3.63) is 51.7 Å². The molecule has 0 bridgehead atoms. The maximum Gasteiger partial charge on any atom is 0.146 e. The van der Waals surface area contributed by atoms with E-state index < -0.39 is 28.6 Å². The van der Waals surface area contributed by atoms with Crippen LogP contribution in [0.2, 0.25) is 0 Å². The molecule has 0 aliphatic rings. The molecule has 1 aromatic heterocycles. The molecule has 174 valence electrons. The third-order valence-electron chi connectivity index (χ3n) is 4.66. The molecule has 1 unspecified atom stereocenters. The zero-order valence-electron chi connectivity index (χ0n) is 19.0. The molecule has 7 nitrogen and oxygen atoms in total. The van der Waals surface area contributed by atoms with Crippen molar-refractivity contribution in [2.75, 3.05) is 5.32 Å². The predicted octanol–water partition coefficient (Wildman–Crippen LogP) is 4.73. The van der Waals surface area contributed by atoms with Crippen molar-refractivity contribution in [2.45, 2.75) is 69.8 Å². The third-order valence-corrected chi connectivity index (χ3v) is 7.64. The smallest absolute Gasteiger partial charge is 0.146 e. The number of aliphatic hydroxyl groups excluding tert-OH is 1. The van der Waals surface area contributed by atoms with Crippen LogP contribution in [0.3, 0.4) is 0 Å². The largest absolute Gasteiger partial charge is 0.390 e. The Labute approximate surface area is 193 Å². The average Bonchev–Trinajstić information content (AvgIpc) is 3.12. The van der Waals surface area contributed by atoms with E-state index in [1.807, 2.05) is 33.8 Å². The summed E-state index contributed by atoms with van der Waals surface area (Å²) in [5.41, 5.74) is 0.394. The highest BCUT2D eigenvalue weighted by molar-refractivity contribution is 7.77. The second-order valence-corrected chi connectivity index (χ2v) is 11.0. The molecule has 0 aliphatic carbocycles. The number of benzene rings is 1. The summed E-state index contributed by atoms with van der Waals surface area (Å²) >= 11 is 1.01. The number of aromatic nitrogens is 1. The molecule has 0 radical (unpaired) electrons. The van der Waals surface area contributed by atoms with Crippen LogP contribution in [-0.2, 0) is 22.8 Å². The van der Waals surface area contributed by atoms with Gasteiger partial charge >= 0.3 is 0 Å². The zero-order chi connectivity index (χ0) is 24.4. The van der Waals surface area contributed by atoms with E-state index in [1.54, 1.807) is 13.8 Å². The van der Waals surface area contributed by atoms with Gasteiger partial charge < -0.3 is 15.5 Å².